The summed E-state index contributed by atoms with van der Waals surface area (Å²) < 4.78 is 10.7. The highest BCUT2D eigenvalue weighted by Gasteiger charge is 2.19. The van der Waals surface area contributed by atoms with Crippen molar-refractivity contribution < 1.29 is 9.47 Å². The maximum atomic E-state index is 5.77. The molecule has 0 spiro atoms. The van der Waals surface area contributed by atoms with Crippen LogP contribution < -0.4 is 20.1 Å². The van der Waals surface area contributed by atoms with Crippen LogP contribution in [0, 0.1) is 5.92 Å². The number of hydrogen-bond acceptors (Lipinski definition) is 6. The third-order valence-electron chi connectivity index (χ3n) is 4.60. The van der Waals surface area contributed by atoms with Gasteiger partial charge in [0.1, 0.15) is 12.1 Å². The molecule has 0 bridgehead atoms. The second kappa shape index (κ2) is 7.49. The van der Waals surface area contributed by atoms with Crippen LogP contribution in [0.5, 0.6) is 11.5 Å². The number of hydrogen-bond donors (Lipinski definition) is 1. The molecule has 24 heavy (non-hydrogen) atoms. The molecule has 3 rings (SSSR count). The lowest BCUT2D eigenvalue weighted by Gasteiger charge is -2.32. The highest BCUT2D eigenvalue weighted by Crippen LogP contribution is 2.32. The highest BCUT2D eigenvalue weighted by atomic mass is 16.5. The predicted octanol–water partition coefficient (Wildman–Crippen LogP) is 2.34. The second-order valence-electron chi connectivity index (χ2n) is 6.00. The van der Waals surface area contributed by atoms with E-state index in [-0.39, 0.29) is 0 Å². The summed E-state index contributed by atoms with van der Waals surface area (Å²) >= 11 is 0. The van der Waals surface area contributed by atoms with Gasteiger partial charge in [0.15, 0.2) is 11.5 Å². The van der Waals surface area contributed by atoms with Gasteiger partial charge in [0.2, 0.25) is 0 Å². The molecule has 128 valence electrons. The summed E-state index contributed by atoms with van der Waals surface area (Å²) in [5, 5.41) is 0. The average molecular weight is 328 g/mol. The zero-order chi connectivity index (χ0) is 16.9. The van der Waals surface area contributed by atoms with Crippen LogP contribution in [0.25, 0.3) is 11.3 Å². The lowest BCUT2D eigenvalue weighted by molar-refractivity contribution is 0.355. The van der Waals surface area contributed by atoms with Crippen molar-refractivity contribution in [1.29, 1.82) is 0 Å². The standard InChI is InChI=1S/C18H24N4O2/c1-23-16-4-3-14(9-17(16)24-2)15-10-18(21-12-20-15)22-7-5-13(11-19)6-8-22/h3-4,9-10,12-13H,5-8,11,19H2,1-2H3. The van der Waals surface area contributed by atoms with Gasteiger partial charge in [0.25, 0.3) is 0 Å². The Bertz CT molecular complexity index is 684. The van der Waals surface area contributed by atoms with E-state index < -0.39 is 0 Å². The van der Waals surface area contributed by atoms with Gasteiger partial charge in [-0.15, -0.1) is 0 Å². The zero-order valence-electron chi connectivity index (χ0n) is 14.2. The number of piperidine rings is 1. The molecule has 0 radical (unpaired) electrons. The Morgan fingerprint density at radius 2 is 1.83 bits per heavy atom. The van der Waals surface area contributed by atoms with Crippen molar-refractivity contribution in [2.24, 2.45) is 11.7 Å². The van der Waals surface area contributed by atoms with E-state index in [1.165, 1.54) is 0 Å². The first-order chi connectivity index (χ1) is 11.7. The van der Waals surface area contributed by atoms with Crippen molar-refractivity contribution in [3.05, 3.63) is 30.6 Å². The van der Waals surface area contributed by atoms with Crippen molar-refractivity contribution >= 4 is 5.82 Å². The van der Waals surface area contributed by atoms with Crippen LogP contribution in [0.15, 0.2) is 30.6 Å². The van der Waals surface area contributed by atoms with E-state index >= 15 is 0 Å². The Morgan fingerprint density at radius 3 is 2.50 bits per heavy atom. The number of anilines is 1. The fourth-order valence-corrected chi connectivity index (χ4v) is 3.07. The summed E-state index contributed by atoms with van der Waals surface area (Å²) in [6.07, 6.45) is 3.86. The van der Waals surface area contributed by atoms with Crippen LogP contribution in [0.4, 0.5) is 5.82 Å². The van der Waals surface area contributed by atoms with Gasteiger partial charge in [-0.25, -0.2) is 9.97 Å². The van der Waals surface area contributed by atoms with Crippen molar-refractivity contribution in [3.8, 4) is 22.8 Å². The Balaban J connectivity index is 1.83. The van der Waals surface area contributed by atoms with Crippen LogP contribution in [-0.2, 0) is 0 Å². The van der Waals surface area contributed by atoms with Crippen molar-refractivity contribution in [3.63, 3.8) is 0 Å². The lowest BCUT2D eigenvalue weighted by atomic mass is 9.97. The van der Waals surface area contributed by atoms with Crippen molar-refractivity contribution in [2.75, 3.05) is 38.8 Å². The molecule has 2 N–H and O–H groups in total. The summed E-state index contributed by atoms with van der Waals surface area (Å²) in [4.78, 5) is 11.2. The number of aromatic nitrogens is 2. The van der Waals surface area contributed by atoms with Crippen LogP contribution in [0.1, 0.15) is 12.8 Å². The molecule has 1 saturated heterocycles. The number of nitrogens with two attached hydrogens (primary N) is 1. The normalized spacial score (nSPS) is 15.4. The van der Waals surface area contributed by atoms with Crippen molar-refractivity contribution in [1.82, 2.24) is 9.97 Å². The molecule has 0 atom stereocenters. The minimum absolute atomic E-state index is 0.633. The van der Waals surface area contributed by atoms with Crippen LogP contribution in [0.2, 0.25) is 0 Å². The van der Waals surface area contributed by atoms with Gasteiger partial charge in [0.05, 0.1) is 19.9 Å². The number of benzene rings is 1. The monoisotopic (exact) mass is 328 g/mol. The molecule has 0 amide bonds. The van der Waals surface area contributed by atoms with Crippen LogP contribution >= 0.6 is 0 Å². The van der Waals surface area contributed by atoms with Gasteiger partial charge in [0, 0.05) is 24.7 Å². The molecule has 2 heterocycles. The SMILES string of the molecule is COc1ccc(-c2cc(N3CCC(CN)CC3)ncn2)cc1OC. The summed E-state index contributed by atoms with van der Waals surface area (Å²) in [6.45, 7) is 2.75. The van der Waals surface area contributed by atoms with Gasteiger partial charge < -0.3 is 20.1 Å². The quantitative estimate of drug-likeness (QED) is 0.908. The van der Waals surface area contributed by atoms with E-state index in [2.05, 4.69) is 14.9 Å². The van der Waals surface area contributed by atoms with E-state index in [4.69, 9.17) is 15.2 Å². The number of methoxy groups -OCH3 is 2. The first-order valence-electron chi connectivity index (χ1n) is 8.24. The van der Waals surface area contributed by atoms with Gasteiger partial charge in [-0.2, -0.15) is 0 Å². The topological polar surface area (TPSA) is 73.5 Å². The Morgan fingerprint density at radius 1 is 1.08 bits per heavy atom. The molecule has 2 aromatic rings. The molecule has 6 nitrogen and oxygen atoms in total. The fourth-order valence-electron chi connectivity index (χ4n) is 3.07. The number of nitrogens with zero attached hydrogens (tertiary/aromatic N) is 3. The summed E-state index contributed by atoms with van der Waals surface area (Å²) in [5.41, 5.74) is 7.63. The zero-order valence-corrected chi connectivity index (χ0v) is 14.2. The molecule has 1 aromatic carbocycles. The first-order valence-corrected chi connectivity index (χ1v) is 8.24. The first kappa shape index (κ1) is 16.5. The third kappa shape index (κ3) is 3.43. The summed E-state index contributed by atoms with van der Waals surface area (Å²) in [7, 11) is 3.26. The maximum Gasteiger partial charge on any atom is 0.161 e. The van der Waals surface area contributed by atoms with Gasteiger partial charge in [-0.1, -0.05) is 0 Å². The minimum Gasteiger partial charge on any atom is -0.493 e. The molecule has 0 aliphatic carbocycles. The van der Waals surface area contributed by atoms with E-state index in [9.17, 15) is 0 Å². The van der Waals surface area contributed by atoms with Gasteiger partial charge >= 0.3 is 0 Å². The maximum absolute atomic E-state index is 5.77. The summed E-state index contributed by atoms with van der Waals surface area (Å²) in [5.74, 6) is 3.00. The summed E-state index contributed by atoms with van der Waals surface area (Å²) in [6, 6.07) is 7.84. The predicted molar refractivity (Wildman–Crippen MR) is 94.6 cm³/mol. The van der Waals surface area contributed by atoms with Gasteiger partial charge in [-0.05, 0) is 43.5 Å². The van der Waals surface area contributed by atoms with E-state index in [0.29, 0.717) is 17.4 Å². The largest absolute Gasteiger partial charge is 0.493 e. The molecule has 0 saturated carbocycles. The highest BCUT2D eigenvalue weighted by molar-refractivity contribution is 5.66. The molecule has 1 fully saturated rings. The Labute approximate surface area is 142 Å². The van der Waals surface area contributed by atoms with Crippen LogP contribution in [-0.4, -0.2) is 43.8 Å². The van der Waals surface area contributed by atoms with E-state index in [1.54, 1.807) is 20.5 Å². The molecule has 1 aromatic heterocycles. The van der Waals surface area contributed by atoms with E-state index in [1.807, 2.05) is 24.3 Å². The number of rotatable bonds is 5. The lowest BCUT2D eigenvalue weighted by Crippen LogP contribution is -2.36. The molecule has 6 heteroatoms. The smallest absolute Gasteiger partial charge is 0.161 e. The molecular formula is C18H24N4O2. The minimum atomic E-state index is 0.633. The number of ether oxygens (including phenoxy) is 2. The average Bonchev–Trinajstić information content (AvgIpc) is 2.67. The van der Waals surface area contributed by atoms with Gasteiger partial charge in [-0.3, -0.25) is 0 Å². The van der Waals surface area contributed by atoms with E-state index in [0.717, 1.165) is 49.6 Å². The van der Waals surface area contributed by atoms with Crippen molar-refractivity contribution in [2.45, 2.75) is 12.8 Å². The Hall–Kier alpha value is -2.34. The molecule has 1 aliphatic rings. The Kier molecular flexibility index (Phi) is 5.15. The second-order valence-corrected chi connectivity index (χ2v) is 6.00. The third-order valence-corrected chi connectivity index (χ3v) is 4.60. The molecular weight excluding hydrogens is 304 g/mol. The molecule has 0 unspecified atom stereocenters. The fraction of sp³-hybridized carbons (Fsp3) is 0.444. The molecule has 1 aliphatic heterocycles. The van der Waals surface area contributed by atoms with Crippen LogP contribution in [0.3, 0.4) is 0 Å².